The van der Waals surface area contributed by atoms with Crippen LogP contribution in [0.15, 0.2) is 47.6 Å². The number of hydrogen-bond acceptors (Lipinski definition) is 5. The Morgan fingerprint density at radius 1 is 1.12 bits per heavy atom. The third-order valence-electron chi connectivity index (χ3n) is 3.14. The van der Waals surface area contributed by atoms with E-state index in [4.69, 9.17) is 20.4 Å². The molecule has 6 heteroatoms. The van der Waals surface area contributed by atoms with E-state index in [1.807, 2.05) is 51.1 Å². The molecular formula is C18H23N3O3. The fraction of sp³-hybridized carbons (Fsp3) is 0.278. The Kier molecular flexibility index (Phi) is 5.89. The summed E-state index contributed by atoms with van der Waals surface area (Å²) in [5.74, 6) is 1.56. The molecule has 0 fully saturated rings. The van der Waals surface area contributed by atoms with Crippen molar-refractivity contribution in [1.29, 1.82) is 0 Å². The molecule has 0 atom stereocenters. The lowest BCUT2D eigenvalue weighted by Crippen LogP contribution is -2.12. The maximum Gasteiger partial charge on any atom is 0.170 e. The van der Waals surface area contributed by atoms with Crippen LogP contribution in [0.5, 0.6) is 11.5 Å². The van der Waals surface area contributed by atoms with Gasteiger partial charge in [0.05, 0.1) is 12.7 Å². The number of hydrogen-bond donors (Lipinski definition) is 3. The van der Waals surface area contributed by atoms with Gasteiger partial charge in [0.15, 0.2) is 5.84 Å². The predicted molar refractivity (Wildman–Crippen MR) is 95.6 cm³/mol. The van der Waals surface area contributed by atoms with Crippen molar-refractivity contribution in [3.8, 4) is 11.5 Å². The molecule has 2 aromatic rings. The topological polar surface area (TPSA) is 89.1 Å². The molecule has 0 unspecified atom stereocenters. The molecule has 0 aromatic heterocycles. The average Bonchev–Trinajstić information content (AvgIpc) is 2.54. The number of benzene rings is 2. The zero-order chi connectivity index (χ0) is 17.5. The molecule has 0 bridgehead atoms. The molecule has 24 heavy (non-hydrogen) atoms. The molecule has 0 radical (unpaired) electrons. The van der Waals surface area contributed by atoms with Gasteiger partial charge in [0.2, 0.25) is 0 Å². The van der Waals surface area contributed by atoms with E-state index < -0.39 is 0 Å². The maximum absolute atomic E-state index is 8.70. The Hall–Kier alpha value is -2.89. The van der Waals surface area contributed by atoms with E-state index in [9.17, 15) is 0 Å². The third-order valence-corrected chi connectivity index (χ3v) is 3.14. The van der Waals surface area contributed by atoms with Crippen LogP contribution >= 0.6 is 0 Å². The van der Waals surface area contributed by atoms with Gasteiger partial charge in [-0.15, -0.1) is 0 Å². The van der Waals surface area contributed by atoms with Gasteiger partial charge in [-0.05, 0) is 45.0 Å². The van der Waals surface area contributed by atoms with Crippen molar-refractivity contribution in [3.63, 3.8) is 0 Å². The van der Waals surface area contributed by atoms with Crippen molar-refractivity contribution >= 4 is 17.2 Å². The molecule has 2 rings (SSSR count). The van der Waals surface area contributed by atoms with Crippen molar-refractivity contribution in [2.24, 2.45) is 10.9 Å². The Labute approximate surface area is 141 Å². The first-order valence-electron chi connectivity index (χ1n) is 7.81. The Balaban J connectivity index is 2.22. The molecule has 4 N–H and O–H groups in total. The van der Waals surface area contributed by atoms with Gasteiger partial charge < -0.3 is 25.7 Å². The highest BCUT2D eigenvalue weighted by atomic mass is 16.5. The second-order valence-electron chi connectivity index (χ2n) is 5.48. The van der Waals surface area contributed by atoms with Crippen LogP contribution in [0.3, 0.4) is 0 Å². The summed E-state index contributed by atoms with van der Waals surface area (Å²) in [6, 6.07) is 12.9. The van der Waals surface area contributed by atoms with Crippen molar-refractivity contribution in [2.45, 2.75) is 26.9 Å². The zero-order valence-electron chi connectivity index (χ0n) is 14.1. The number of nitrogens with zero attached hydrogens (tertiary/aromatic N) is 1. The van der Waals surface area contributed by atoms with Crippen LogP contribution in [0.1, 0.15) is 26.3 Å². The van der Waals surface area contributed by atoms with Crippen molar-refractivity contribution in [1.82, 2.24) is 0 Å². The molecule has 0 amide bonds. The summed E-state index contributed by atoms with van der Waals surface area (Å²) in [4.78, 5) is 0. The summed E-state index contributed by atoms with van der Waals surface area (Å²) in [6.07, 6.45) is 0.0785. The lowest BCUT2D eigenvalue weighted by Gasteiger charge is -2.15. The third kappa shape index (κ3) is 4.81. The summed E-state index contributed by atoms with van der Waals surface area (Å²) < 4.78 is 11.4. The standard InChI is InChI=1S/C18H23N3O3/c1-4-23-16-9-15(10-17(11-16)24-12(2)3)20-14-7-5-13(6-8-14)18(19)21-22/h5-12,20,22H,4H2,1-3H3,(H2,19,21). The molecule has 0 heterocycles. The molecule has 0 aliphatic rings. The minimum absolute atomic E-state index is 0.0764. The fourth-order valence-electron chi connectivity index (χ4n) is 2.18. The normalized spacial score (nSPS) is 11.4. The Morgan fingerprint density at radius 2 is 1.79 bits per heavy atom. The van der Waals surface area contributed by atoms with E-state index >= 15 is 0 Å². The van der Waals surface area contributed by atoms with E-state index in [2.05, 4.69) is 10.5 Å². The smallest absolute Gasteiger partial charge is 0.170 e. The fourth-order valence-corrected chi connectivity index (χ4v) is 2.18. The van der Waals surface area contributed by atoms with Crippen LogP contribution in [0, 0.1) is 0 Å². The van der Waals surface area contributed by atoms with E-state index in [1.165, 1.54) is 0 Å². The summed E-state index contributed by atoms with van der Waals surface area (Å²) in [5, 5.41) is 15.0. The summed E-state index contributed by atoms with van der Waals surface area (Å²) >= 11 is 0. The molecule has 0 aliphatic carbocycles. The first-order valence-corrected chi connectivity index (χ1v) is 7.81. The first kappa shape index (κ1) is 17.5. The monoisotopic (exact) mass is 329 g/mol. The van der Waals surface area contributed by atoms with Crippen LogP contribution in [-0.4, -0.2) is 23.8 Å². The molecular weight excluding hydrogens is 306 g/mol. The number of oxime groups is 1. The highest BCUT2D eigenvalue weighted by Gasteiger charge is 2.06. The quantitative estimate of drug-likeness (QED) is 0.312. The van der Waals surface area contributed by atoms with Crippen molar-refractivity contribution < 1.29 is 14.7 Å². The molecule has 0 aliphatic heterocycles. The highest BCUT2D eigenvalue weighted by Crippen LogP contribution is 2.29. The van der Waals surface area contributed by atoms with E-state index in [1.54, 1.807) is 12.1 Å². The minimum Gasteiger partial charge on any atom is -0.494 e. The number of rotatable bonds is 7. The first-order chi connectivity index (χ1) is 11.5. The number of nitrogens with two attached hydrogens (primary N) is 1. The lowest BCUT2D eigenvalue weighted by molar-refractivity contribution is 0.240. The zero-order valence-corrected chi connectivity index (χ0v) is 14.1. The minimum atomic E-state index is 0.0764. The van der Waals surface area contributed by atoms with Crippen LogP contribution in [0.4, 0.5) is 11.4 Å². The van der Waals surface area contributed by atoms with Gasteiger partial charge in [0, 0.05) is 35.1 Å². The van der Waals surface area contributed by atoms with Gasteiger partial charge in [-0.1, -0.05) is 5.16 Å². The van der Waals surface area contributed by atoms with Gasteiger partial charge >= 0.3 is 0 Å². The van der Waals surface area contributed by atoms with E-state index in [-0.39, 0.29) is 11.9 Å². The van der Waals surface area contributed by atoms with Gasteiger partial charge in [-0.25, -0.2) is 0 Å². The van der Waals surface area contributed by atoms with Gasteiger partial charge in [-0.2, -0.15) is 0 Å². The summed E-state index contributed by atoms with van der Waals surface area (Å²) in [7, 11) is 0. The van der Waals surface area contributed by atoms with Crippen molar-refractivity contribution in [2.75, 3.05) is 11.9 Å². The van der Waals surface area contributed by atoms with E-state index in [0.717, 1.165) is 22.9 Å². The van der Waals surface area contributed by atoms with Crippen molar-refractivity contribution in [3.05, 3.63) is 48.0 Å². The number of anilines is 2. The van der Waals surface area contributed by atoms with Crippen LogP contribution in [0.2, 0.25) is 0 Å². The second-order valence-corrected chi connectivity index (χ2v) is 5.48. The van der Waals surface area contributed by atoms with Gasteiger partial charge in [-0.3, -0.25) is 0 Å². The highest BCUT2D eigenvalue weighted by molar-refractivity contribution is 5.97. The molecule has 0 saturated carbocycles. The predicted octanol–water partition coefficient (Wildman–Crippen LogP) is 3.71. The number of amidine groups is 1. The van der Waals surface area contributed by atoms with Crippen LogP contribution in [0.25, 0.3) is 0 Å². The van der Waals surface area contributed by atoms with Crippen LogP contribution in [-0.2, 0) is 0 Å². The van der Waals surface area contributed by atoms with Gasteiger partial charge in [0.25, 0.3) is 0 Å². The summed E-state index contributed by atoms with van der Waals surface area (Å²) in [5.41, 5.74) is 7.93. The SMILES string of the molecule is CCOc1cc(Nc2ccc(C(N)=NO)cc2)cc(OC(C)C)c1. The molecule has 0 spiro atoms. The largest absolute Gasteiger partial charge is 0.494 e. The Bertz CT molecular complexity index is 697. The average molecular weight is 329 g/mol. The molecule has 0 saturated heterocycles. The number of nitrogens with one attached hydrogen (secondary N) is 1. The second kappa shape index (κ2) is 8.10. The Morgan fingerprint density at radius 3 is 2.38 bits per heavy atom. The molecule has 128 valence electrons. The maximum atomic E-state index is 8.70. The molecule has 2 aromatic carbocycles. The van der Waals surface area contributed by atoms with E-state index in [0.29, 0.717) is 12.2 Å². The lowest BCUT2D eigenvalue weighted by atomic mass is 10.2. The number of ether oxygens (including phenoxy) is 2. The van der Waals surface area contributed by atoms with Gasteiger partial charge in [0.1, 0.15) is 11.5 Å². The van der Waals surface area contributed by atoms with Crippen LogP contribution < -0.4 is 20.5 Å². The molecule has 6 nitrogen and oxygen atoms in total. The summed E-state index contributed by atoms with van der Waals surface area (Å²) in [6.45, 7) is 6.48.